The van der Waals surface area contributed by atoms with Gasteiger partial charge in [0, 0.05) is 29.6 Å². The van der Waals surface area contributed by atoms with E-state index in [1.807, 2.05) is 0 Å². The third-order valence-electron chi connectivity index (χ3n) is 10.8. The number of anilines is 1. The number of ether oxygens (including phenoxy) is 2. The Labute approximate surface area is 450 Å². The van der Waals surface area contributed by atoms with E-state index in [1.165, 1.54) is 48.9 Å². The standard InChI is InChI=1S/C49H54N4O12S2.2Na/c1-4-6-8-14-32-18-23-42(33(26-32)15-9-7-5-2)62-25-13-12-24-50-49(57)40-30-43(38-16-10-11-17-39(38)47(40)55)63-36-21-19-35(20-22-36)52-53-46-44(66-65-64-58)28-34-27-37(67(59,60)61)29-41(51-31(3)54)45(34)48(46)56;;/h10-11,16-23,26-30,55-56,58H,4-9,12-15,24-25H2,1-3H3,(H,50,57)(H,51,54)(H,59,60,61);;/q;2*+1/p-2. The number of carbonyl (C=O) groups is 2. The number of rotatable bonds is 24. The van der Waals surface area contributed by atoms with Crippen LogP contribution in [0.4, 0.5) is 17.1 Å². The SMILES string of the molecule is CCCCCc1ccc(OCCCCNC(=O)c2cc(Oc3ccc(N=Nc4c(SOO[O-])cc5cc(S(=O)(=O)[O-])cc(NC(C)=O)c5c4O)cc3)c3ccccc3c2O)c(CCCCC)c1.[Na+].[Na+]. The number of aryl methyl sites for hydroxylation is 2. The summed E-state index contributed by atoms with van der Waals surface area (Å²) in [7, 11) is -4.99. The van der Waals surface area contributed by atoms with Crippen LogP contribution < -0.4 is 84.5 Å². The van der Waals surface area contributed by atoms with Gasteiger partial charge in [0.25, 0.3) is 5.91 Å². The van der Waals surface area contributed by atoms with Crippen LogP contribution in [0.25, 0.3) is 21.5 Å². The van der Waals surface area contributed by atoms with E-state index in [9.17, 15) is 38.0 Å². The molecule has 0 radical (unpaired) electrons. The van der Waals surface area contributed by atoms with Crippen LogP contribution in [-0.2, 0) is 37.1 Å². The van der Waals surface area contributed by atoms with E-state index >= 15 is 0 Å². The summed E-state index contributed by atoms with van der Waals surface area (Å²) in [4.78, 5) is 24.7. The molecule has 6 rings (SSSR count). The average Bonchev–Trinajstić information content (AvgIpc) is 3.30. The molecule has 2 amide bonds. The van der Waals surface area contributed by atoms with Gasteiger partial charge in [-0.3, -0.25) is 14.6 Å². The summed E-state index contributed by atoms with van der Waals surface area (Å²) < 4.78 is 52.6. The van der Waals surface area contributed by atoms with Crippen molar-refractivity contribution in [3.05, 3.63) is 108 Å². The molecule has 6 aromatic rings. The monoisotopic (exact) mass is 998 g/mol. The summed E-state index contributed by atoms with van der Waals surface area (Å²) in [5, 5.41) is 51.3. The Morgan fingerprint density at radius 1 is 0.783 bits per heavy atom. The molecule has 0 bridgehead atoms. The number of aromatic hydroxyl groups is 2. The molecule has 0 fully saturated rings. The first-order valence-corrected chi connectivity index (χ1v) is 24.1. The van der Waals surface area contributed by atoms with Crippen LogP contribution in [0, 0.1) is 0 Å². The fraction of sp³-hybridized carbons (Fsp3) is 0.306. The molecule has 69 heavy (non-hydrogen) atoms. The zero-order chi connectivity index (χ0) is 47.9. The van der Waals surface area contributed by atoms with Gasteiger partial charge in [0.05, 0.1) is 45.4 Å². The predicted molar refractivity (Wildman–Crippen MR) is 252 cm³/mol. The number of benzene rings is 6. The van der Waals surface area contributed by atoms with Crippen molar-refractivity contribution in [2.45, 2.75) is 94.8 Å². The molecule has 354 valence electrons. The van der Waals surface area contributed by atoms with Crippen molar-refractivity contribution in [2.75, 3.05) is 18.5 Å². The summed E-state index contributed by atoms with van der Waals surface area (Å²) in [6.45, 7) is 6.43. The second kappa shape index (κ2) is 27.9. The third kappa shape index (κ3) is 15.9. The van der Waals surface area contributed by atoms with Crippen LogP contribution >= 0.6 is 12.0 Å². The number of nitrogens with zero attached hydrogens (tertiary/aromatic N) is 2. The second-order valence-corrected chi connectivity index (χ2v) is 17.9. The van der Waals surface area contributed by atoms with Crippen molar-refractivity contribution in [1.29, 1.82) is 0 Å². The number of hydrogen-bond donors (Lipinski definition) is 4. The maximum absolute atomic E-state index is 13.5. The maximum Gasteiger partial charge on any atom is 1.00 e. The van der Waals surface area contributed by atoms with Gasteiger partial charge in [-0.2, -0.15) is 9.45 Å². The van der Waals surface area contributed by atoms with Gasteiger partial charge in [-0.1, -0.05) is 75.9 Å². The van der Waals surface area contributed by atoms with Crippen molar-refractivity contribution >= 4 is 72.6 Å². The minimum Gasteiger partial charge on any atom is -0.744 e. The van der Waals surface area contributed by atoms with E-state index in [4.69, 9.17) is 9.47 Å². The predicted octanol–water partition coefficient (Wildman–Crippen LogP) is 4.77. The molecule has 16 nitrogen and oxygen atoms in total. The van der Waals surface area contributed by atoms with Crippen molar-refractivity contribution in [2.24, 2.45) is 10.2 Å². The van der Waals surface area contributed by atoms with Crippen LogP contribution in [0.15, 0.2) is 111 Å². The summed E-state index contributed by atoms with van der Waals surface area (Å²) in [6.07, 6.45) is 10.4. The molecule has 6 aromatic carbocycles. The van der Waals surface area contributed by atoms with Crippen LogP contribution in [0.5, 0.6) is 28.7 Å². The Kier molecular flexibility index (Phi) is 23.2. The molecular weight excluding hydrogens is 947 g/mol. The van der Waals surface area contributed by atoms with E-state index in [0.29, 0.717) is 60.3 Å². The van der Waals surface area contributed by atoms with E-state index in [0.717, 1.165) is 50.5 Å². The summed E-state index contributed by atoms with van der Waals surface area (Å²) in [6, 6.07) is 24.4. The molecular formula is C49H52N4Na2O12S2. The number of unbranched alkanes of at least 4 members (excludes halogenated alkanes) is 5. The van der Waals surface area contributed by atoms with E-state index < -0.39 is 32.6 Å². The van der Waals surface area contributed by atoms with Crippen LogP contribution in [0.1, 0.15) is 93.6 Å². The molecule has 0 unspecified atom stereocenters. The molecule has 4 N–H and O–H groups in total. The van der Waals surface area contributed by atoms with Crippen molar-refractivity contribution in [3.63, 3.8) is 0 Å². The Morgan fingerprint density at radius 3 is 2.17 bits per heavy atom. The zero-order valence-electron chi connectivity index (χ0n) is 39.3. The molecule has 0 aliphatic carbocycles. The number of hydrogen-bond acceptors (Lipinski definition) is 15. The maximum atomic E-state index is 13.5. The van der Waals surface area contributed by atoms with Gasteiger partial charge in [0.1, 0.15) is 38.8 Å². The fourth-order valence-corrected chi connectivity index (χ4v) is 8.50. The smallest absolute Gasteiger partial charge is 0.744 e. The van der Waals surface area contributed by atoms with E-state index in [1.54, 1.807) is 48.5 Å². The Hall–Kier alpha value is -4.28. The molecule has 0 spiro atoms. The van der Waals surface area contributed by atoms with E-state index in [2.05, 4.69) is 62.3 Å². The second-order valence-electron chi connectivity index (χ2n) is 15.8. The van der Waals surface area contributed by atoms with Crippen LogP contribution in [0.3, 0.4) is 0 Å². The number of phenols is 2. The van der Waals surface area contributed by atoms with Gasteiger partial charge in [-0.05, 0) is 110 Å². The average molecular weight is 999 g/mol. The van der Waals surface area contributed by atoms with Crippen LogP contribution in [-0.4, -0.2) is 48.1 Å². The minimum absolute atomic E-state index is 0. The first-order valence-electron chi connectivity index (χ1n) is 22.0. The largest absolute Gasteiger partial charge is 1.00 e. The molecule has 0 aliphatic rings. The fourth-order valence-electron chi connectivity index (χ4n) is 7.48. The Bertz CT molecular complexity index is 2850. The van der Waals surface area contributed by atoms with Gasteiger partial charge in [0.15, 0.2) is 5.75 Å². The van der Waals surface area contributed by atoms with Gasteiger partial charge in [0.2, 0.25) is 5.91 Å². The van der Waals surface area contributed by atoms with Gasteiger partial charge in [-0.25, -0.2) is 8.42 Å². The number of phenolic OH excluding ortho intramolecular Hbond substituents is 2. The summed E-state index contributed by atoms with van der Waals surface area (Å²) in [5.41, 5.74) is 2.45. The molecule has 0 atom stereocenters. The molecule has 0 saturated heterocycles. The first-order chi connectivity index (χ1) is 32.3. The van der Waals surface area contributed by atoms with Gasteiger partial charge >= 0.3 is 59.1 Å². The normalized spacial score (nSPS) is 11.3. The molecule has 0 aliphatic heterocycles. The Morgan fingerprint density at radius 2 is 1.49 bits per heavy atom. The third-order valence-corrected chi connectivity index (χ3v) is 12.2. The summed E-state index contributed by atoms with van der Waals surface area (Å²) in [5.74, 6) is -0.304. The minimum atomic E-state index is -4.99. The molecule has 0 heterocycles. The number of amides is 2. The first kappa shape index (κ1) is 57.3. The van der Waals surface area contributed by atoms with Crippen molar-refractivity contribution in [1.82, 2.24) is 5.32 Å². The molecule has 20 heteroatoms. The van der Waals surface area contributed by atoms with Crippen molar-refractivity contribution in [3.8, 4) is 28.7 Å². The molecule has 0 aromatic heterocycles. The number of fused-ring (bicyclic) bond motifs is 2. The quantitative estimate of drug-likeness (QED) is 0.0122. The van der Waals surface area contributed by atoms with E-state index in [-0.39, 0.29) is 103 Å². The zero-order valence-corrected chi connectivity index (χ0v) is 45.0. The van der Waals surface area contributed by atoms with Crippen molar-refractivity contribution < 1.29 is 116 Å². The Balaban J connectivity index is 0.00000518. The topological polar surface area (TPSA) is 241 Å². The summed E-state index contributed by atoms with van der Waals surface area (Å²) >= 11 is 0.330. The number of azo groups is 1. The number of carbonyl (C=O) groups excluding carboxylic acids is 2. The molecule has 0 saturated carbocycles. The van der Waals surface area contributed by atoms with Gasteiger partial charge < -0.3 is 40.1 Å². The van der Waals surface area contributed by atoms with Gasteiger partial charge in [-0.15, -0.1) is 5.11 Å². The number of nitrogens with one attached hydrogen (secondary N) is 2. The van der Waals surface area contributed by atoms with Crippen LogP contribution in [0.2, 0.25) is 0 Å².